The van der Waals surface area contributed by atoms with Crippen molar-refractivity contribution >= 4 is 22.7 Å². The minimum absolute atomic E-state index is 0.0447. The smallest absolute Gasteiger partial charge is 0.269 e. The van der Waals surface area contributed by atoms with Crippen LogP contribution in [0.1, 0.15) is 34.8 Å². The standard InChI is InChI=1S/C16H18N4O2/c1-2-13(21)20-7-3-4-10(9-20)12-8-19-15(16(17)22)14-11(12)5-6-18-14/h2,5-6,8,10,18H,1,3-4,7,9H2,(H2,17,22). The molecule has 3 heterocycles. The first-order valence-corrected chi connectivity index (χ1v) is 7.29. The van der Waals surface area contributed by atoms with Gasteiger partial charge >= 0.3 is 0 Å². The van der Waals surface area contributed by atoms with E-state index in [-0.39, 0.29) is 17.5 Å². The maximum Gasteiger partial charge on any atom is 0.269 e. The fourth-order valence-corrected chi connectivity index (χ4v) is 3.15. The Balaban J connectivity index is 1.98. The summed E-state index contributed by atoms with van der Waals surface area (Å²) in [6.45, 7) is 4.94. The van der Waals surface area contributed by atoms with Crippen LogP contribution in [-0.2, 0) is 4.79 Å². The molecule has 0 aliphatic carbocycles. The van der Waals surface area contributed by atoms with Gasteiger partial charge in [-0.15, -0.1) is 0 Å². The molecular formula is C16H18N4O2. The lowest BCUT2D eigenvalue weighted by Gasteiger charge is -2.32. The molecule has 22 heavy (non-hydrogen) atoms. The number of nitrogens with two attached hydrogens (primary N) is 1. The van der Waals surface area contributed by atoms with Crippen LogP contribution in [0.3, 0.4) is 0 Å². The number of fused-ring (bicyclic) bond motifs is 1. The third kappa shape index (κ3) is 2.36. The van der Waals surface area contributed by atoms with Crippen LogP contribution >= 0.6 is 0 Å². The average Bonchev–Trinajstić information content (AvgIpc) is 3.02. The Labute approximate surface area is 128 Å². The molecule has 0 saturated carbocycles. The van der Waals surface area contributed by atoms with E-state index in [0.29, 0.717) is 12.1 Å². The Morgan fingerprint density at radius 3 is 3.05 bits per heavy atom. The van der Waals surface area contributed by atoms with E-state index in [1.807, 2.05) is 11.0 Å². The van der Waals surface area contributed by atoms with Gasteiger partial charge in [0.25, 0.3) is 5.91 Å². The number of rotatable bonds is 3. The Bertz CT molecular complexity index is 750. The van der Waals surface area contributed by atoms with Crippen molar-refractivity contribution in [3.8, 4) is 0 Å². The average molecular weight is 298 g/mol. The first-order valence-electron chi connectivity index (χ1n) is 7.29. The quantitative estimate of drug-likeness (QED) is 0.842. The minimum atomic E-state index is -0.550. The van der Waals surface area contributed by atoms with Crippen LogP contribution in [0, 0.1) is 0 Å². The molecule has 6 heteroatoms. The molecule has 3 rings (SSSR count). The van der Waals surface area contributed by atoms with E-state index >= 15 is 0 Å². The molecule has 0 spiro atoms. The van der Waals surface area contributed by atoms with E-state index in [1.54, 1.807) is 12.4 Å². The zero-order chi connectivity index (χ0) is 15.7. The van der Waals surface area contributed by atoms with Crippen molar-refractivity contribution in [3.63, 3.8) is 0 Å². The first-order chi connectivity index (χ1) is 10.6. The lowest BCUT2D eigenvalue weighted by atomic mass is 9.89. The SMILES string of the molecule is C=CC(=O)N1CCCC(c2cnc(C(N)=O)c3[nH]ccc23)C1. The fourth-order valence-electron chi connectivity index (χ4n) is 3.15. The highest BCUT2D eigenvalue weighted by Crippen LogP contribution is 2.32. The van der Waals surface area contributed by atoms with Crippen LogP contribution in [0.25, 0.3) is 10.9 Å². The molecule has 6 nitrogen and oxygen atoms in total. The summed E-state index contributed by atoms with van der Waals surface area (Å²) in [5, 5.41) is 0.946. The van der Waals surface area contributed by atoms with E-state index < -0.39 is 5.91 Å². The van der Waals surface area contributed by atoms with Gasteiger partial charge in [-0.05, 0) is 30.5 Å². The molecule has 0 aromatic carbocycles. The summed E-state index contributed by atoms with van der Waals surface area (Å²) in [7, 11) is 0. The third-order valence-corrected chi connectivity index (χ3v) is 4.21. The molecule has 2 aromatic rings. The predicted octanol–water partition coefficient (Wildman–Crippen LogP) is 1.55. The van der Waals surface area contributed by atoms with E-state index in [2.05, 4.69) is 16.5 Å². The summed E-state index contributed by atoms with van der Waals surface area (Å²) >= 11 is 0. The number of hydrogen-bond donors (Lipinski definition) is 2. The normalized spacial score (nSPS) is 18.4. The summed E-state index contributed by atoms with van der Waals surface area (Å²) in [4.78, 5) is 32.3. The Kier molecular flexibility index (Phi) is 3.66. The Hall–Kier alpha value is -2.63. The second kappa shape index (κ2) is 5.63. The van der Waals surface area contributed by atoms with Gasteiger partial charge in [0.1, 0.15) is 0 Å². The van der Waals surface area contributed by atoms with Gasteiger partial charge in [-0.2, -0.15) is 0 Å². The predicted molar refractivity (Wildman–Crippen MR) is 83.4 cm³/mol. The first kappa shape index (κ1) is 14.3. The summed E-state index contributed by atoms with van der Waals surface area (Å²) in [5.41, 5.74) is 7.32. The van der Waals surface area contributed by atoms with Crippen molar-refractivity contribution in [1.82, 2.24) is 14.9 Å². The van der Waals surface area contributed by atoms with Gasteiger partial charge in [-0.3, -0.25) is 9.59 Å². The Morgan fingerprint density at radius 2 is 2.32 bits per heavy atom. The number of primary amides is 1. The van der Waals surface area contributed by atoms with Gasteiger partial charge in [0.15, 0.2) is 5.69 Å². The lowest BCUT2D eigenvalue weighted by molar-refractivity contribution is -0.127. The monoisotopic (exact) mass is 298 g/mol. The van der Waals surface area contributed by atoms with Crippen molar-refractivity contribution in [1.29, 1.82) is 0 Å². The number of likely N-dealkylation sites (tertiary alicyclic amines) is 1. The zero-order valence-electron chi connectivity index (χ0n) is 12.2. The van der Waals surface area contributed by atoms with Crippen molar-refractivity contribution in [2.75, 3.05) is 13.1 Å². The van der Waals surface area contributed by atoms with Crippen LogP contribution in [0.4, 0.5) is 0 Å². The van der Waals surface area contributed by atoms with Gasteiger partial charge in [-0.25, -0.2) is 4.98 Å². The molecule has 3 N–H and O–H groups in total. The number of carbonyl (C=O) groups is 2. The van der Waals surface area contributed by atoms with Crippen molar-refractivity contribution in [2.24, 2.45) is 5.73 Å². The maximum atomic E-state index is 11.8. The molecule has 2 amide bonds. The number of pyridine rings is 1. The number of carbonyl (C=O) groups excluding carboxylic acids is 2. The van der Waals surface area contributed by atoms with Gasteiger partial charge < -0.3 is 15.6 Å². The number of H-pyrrole nitrogens is 1. The lowest BCUT2D eigenvalue weighted by Crippen LogP contribution is -2.38. The second-order valence-electron chi connectivity index (χ2n) is 5.52. The number of amides is 2. The van der Waals surface area contributed by atoms with Gasteiger partial charge in [0, 0.05) is 36.8 Å². The molecule has 0 bridgehead atoms. The highest BCUT2D eigenvalue weighted by atomic mass is 16.2. The molecule has 1 atom stereocenters. The maximum absolute atomic E-state index is 11.8. The summed E-state index contributed by atoms with van der Waals surface area (Å²) in [5.74, 6) is -0.395. The molecule has 1 fully saturated rings. The fraction of sp³-hybridized carbons (Fsp3) is 0.312. The van der Waals surface area contributed by atoms with E-state index in [4.69, 9.17) is 5.73 Å². The molecule has 1 unspecified atom stereocenters. The number of aromatic amines is 1. The topological polar surface area (TPSA) is 92.1 Å². The van der Waals surface area contributed by atoms with Gasteiger partial charge in [0.05, 0.1) is 5.52 Å². The molecule has 0 radical (unpaired) electrons. The number of piperidine rings is 1. The van der Waals surface area contributed by atoms with Gasteiger partial charge in [-0.1, -0.05) is 6.58 Å². The van der Waals surface area contributed by atoms with Crippen LogP contribution < -0.4 is 5.73 Å². The zero-order valence-corrected chi connectivity index (χ0v) is 12.2. The Morgan fingerprint density at radius 1 is 1.50 bits per heavy atom. The summed E-state index contributed by atoms with van der Waals surface area (Å²) in [6, 6.07) is 1.92. The molecule has 114 valence electrons. The van der Waals surface area contributed by atoms with E-state index in [1.165, 1.54) is 6.08 Å². The molecular weight excluding hydrogens is 280 g/mol. The molecule has 1 aliphatic rings. The van der Waals surface area contributed by atoms with Gasteiger partial charge in [0.2, 0.25) is 5.91 Å². The van der Waals surface area contributed by atoms with Crippen LogP contribution in [0.5, 0.6) is 0 Å². The largest absolute Gasteiger partial charge is 0.364 e. The summed E-state index contributed by atoms with van der Waals surface area (Å²) < 4.78 is 0. The highest BCUT2D eigenvalue weighted by Gasteiger charge is 2.26. The number of nitrogens with zero attached hydrogens (tertiary/aromatic N) is 2. The summed E-state index contributed by atoms with van der Waals surface area (Å²) in [6.07, 6.45) is 6.76. The second-order valence-corrected chi connectivity index (χ2v) is 5.52. The third-order valence-electron chi connectivity index (χ3n) is 4.21. The highest BCUT2D eigenvalue weighted by molar-refractivity contribution is 6.03. The van der Waals surface area contributed by atoms with E-state index in [9.17, 15) is 9.59 Å². The van der Waals surface area contributed by atoms with Crippen molar-refractivity contribution in [2.45, 2.75) is 18.8 Å². The van der Waals surface area contributed by atoms with Crippen molar-refractivity contribution in [3.05, 3.63) is 42.4 Å². The minimum Gasteiger partial charge on any atom is -0.364 e. The molecule has 1 saturated heterocycles. The van der Waals surface area contributed by atoms with Crippen LogP contribution in [0.2, 0.25) is 0 Å². The van der Waals surface area contributed by atoms with Crippen molar-refractivity contribution < 1.29 is 9.59 Å². The van der Waals surface area contributed by atoms with E-state index in [0.717, 1.165) is 30.3 Å². The number of aromatic nitrogens is 2. The van der Waals surface area contributed by atoms with Crippen LogP contribution in [0.15, 0.2) is 31.1 Å². The molecule has 2 aromatic heterocycles. The number of hydrogen-bond acceptors (Lipinski definition) is 3. The molecule has 1 aliphatic heterocycles. The van der Waals surface area contributed by atoms with Crippen LogP contribution in [-0.4, -0.2) is 39.8 Å². The number of nitrogens with one attached hydrogen (secondary N) is 1.